The third-order valence-electron chi connectivity index (χ3n) is 2.68. The van der Waals surface area contributed by atoms with Gasteiger partial charge in [0.2, 0.25) is 0 Å². The summed E-state index contributed by atoms with van der Waals surface area (Å²) in [6.07, 6.45) is 5.26. The molecule has 4 heteroatoms. The van der Waals surface area contributed by atoms with Gasteiger partial charge in [-0.1, -0.05) is 11.6 Å². The zero-order chi connectivity index (χ0) is 9.26. The van der Waals surface area contributed by atoms with Crippen LogP contribution in [0.3, 0.4) is 0 Å². The summed E-state index contributed by atoms with van der Waals surface area (Å²) in [5, 5.41) is 0.665. The zero-order valence-corrected chi connectivity index (χ0v) is 8.30. The van der Waals surface area contributed by atoms with E-state index in [1.807, 2.05) is 6.33 Å². The van der Waals surface area contributed by atoms with Gasteiger partial charge in [-0.25, -0.2) is 4.98 Å². The summed E-state index contributed by atoms with van der Waals surface area (Å²) in [6, 6.07) is 0. The lowest BCUT2D eigenvalue weighted by Crippen LogP contribution is -2.17. The van der Waals surface area contributed by atoms with Crippen molar-refractivity contribution in [3.8, 4) is 0 Å². The molecule has 2 heterocycles. The minimum absolute atomic E-state index is 0.522. The predicted molar refractivity (Wildman–Crippen MR) is 52.9 cm³/mol. The first kappa shape index (κ1) is 9.03. The standard InChI is InChI=1S/C9H14ClN3/c10-9-8-7(3-4-11)2-1-5-13(8)6-12-9/h6-7H,1-5,11H2. The Morgan fingerprint density at radius 3 is 3.31 bits per heavy atom. The maximum atomic E-state index is 6.02. The van der Waals surface area contributed by atoms with Crippen LogP contribution in [0.25, 0.3) is 0 Å². The molecule has 72 valence electrons. The zero-order valence-electron chi connectivity index (χ0n) is 7.54. The SMILES string of the molecule is NCCC1CCCn2cnc(Cl)c21. The summed E-state index contributed by atoms with van der Waals surface area (Å²) in [6.45, 7) is 1.78. The number of hydrogen-bond donors (Lipinski definition) is 1. The van der Waals surface area contributed by atoms with Crippen molar-refractivity contribution in [1.82, 2.24) is 9.55 Å². The fourth-order valence-electron chi connectivity index (χ4n) is 2.08. The van der Waals surface area contributed by atoms with Gasteiger partial charge >= 0.3 is 0 Å². The van der Waals surface area contributed by atoms with Gasteiger partial charge in [0.25, 0.3) is 0 Å². The van der Waals surface area contributed by atoms with Gasteiger partial charge in [-0.3, -0.25) is 0 Å². The highest BCUT2D eigenvalue weighted by Crippen LogP contribution is 2.33. The summed E-state index contributed by atoms with van der Waals surface area (Å²) in [7, 11) is 0. The van der Waals surface area contributed by atoms with Crippen molar-refractivity contribution in [2.24, 2.45) is 5.73 Å². The molecule has 0 saturated carbocycles. The Morgan fingerprint density at radius 1 is 1.69 bits per heavy atom. The summed E-state index contributed by atoms with van der Waals surface area (Å²) < 4.78 is 2.16. The van der Waals surface area contributed by atoms with Crippen LogP contribution in [0.5, 0.6) is 0 Å². The molecule has 0 fully saturated rings. The van der Waals surface area contributed by atoms with Crippen LogP contribution in [0.4, 0.5) is 0 Å². The number of nitrogens with zero attached hydrogens (tertiary/aromatic N) is 2. The molecular formula is C9H14ClN3. The molecule has 1 aromatic heterocycles. The Bertz CT molecular complexity index is 295. The molecule has 0 aromatic carbocycles. The van der Waals surface area contributed by atoms with Gasteiger partial charge in [-0.05, 0) is 25.8 Å². The Kier molecular flexibility index (Phi) is 2.56. The van der Waals surface area contributed by atoms with E-state index in [1.54, 1.807) is 0 Å². The van der Waals surface area contributed by atoms with Crippen LogP contribution in [0.15, 0.2) is 6.33 Å². The first-order valence-corrected chi connectivity index (χ1v) is 5.11. The van der Waals surface area contributed by atoms with E-state index in [2.05, 4.69) is 9.55 Å². The predicted octanol–water partition coefficient (Wildman–Crippen LogP) is 1.76. The number of halogens is 1. The second-order valence-electron chi connectivity index (χ2n) is 3.53. The van der Waals surface area contributed by atoms with Gasteiger partial charge in [0, 0.05) is 12.5 Å². The largest absolute Gasteiger partial charge is 0.333 e. The number of aromatic nitrogens is 2. The van der Waals surface area contributed by atoms with Crippen LogP contribution in [-0.2, 0) is 6.54 Å². The monoisotopic (exact) mass is 199 g/mol. The highest BCUT2D eigenvalue weighted by molar-refractivity contribution is 6.30. The van der Waals surface area contributed by atoms with E-state index in [0.29, 0.717) is 11.1 Å². The van der Waals surface area contributed by atoms with Crippen LogP contribution in [0, 0.1) is 0 Å². The van der Waals surface area contributed by atoms with Crippen molar-refractivity contribution >= 4 is 11.6 Å². The first-order valence-electron chi connectivity index (χ1n) is 4.73. The summed E-state index contributed by atoms with van der Waals surface area (Å²) >= 11 is 6.02. The van der Waals surface area contributed by atoms with Gasteiger partial charge in [0.15, 0.2) is 5.15 Å². The number of fused-ring (bicyclic) bond motifs is 1. The van der Waals surface area contributed by atoms with E-state index in [1.165, 1.54) is 18.5 Å². The average Bonchev–Trinajstić information content (AvgIpc) is 2.50. The molecule has 0 saturated heterocycles. The van der Waals surface area contributed by atoms with Gasteiger partial charge in [0.1, 0.15) is 0 Å². The van der Waals surface area contributed by atoms with Gasteiger partial charge in [-0.2, -0.15) is 0 Å². The van der Waals surface area contributed by atoms with Crippen LogP contribution in [0.2, 0.25) is 5.15 Å². The number of imidazole rings is 1. The molecule has 0 amide bonds. The quantitative estimate of drug-likeness (QED) is 0.789. The van der Waals surface area contributed by atoms with Gasteiger partial charge in [-0.15, -0.1) is 0 Å². The normalized spacial score (nSPS) is 21.5. The van der Waals surface area contributed by atoms with Crippen LogP contribution in [-0.4, -0.2) is 16.1 Å². The molecule has 13 heavy (non-hydrogen) atoms. The minimum atomic E-state index is 0.522. The van der Waals surface area contributed by atoms with Gasteiger partial charge < -0.3 is 10.3 Å². The molecule has 0 aliphatic carbocycles. The average molecular weight is 200 g/mol. The van der Waals surface area contributed by atoms with E-state index in [-0.39, 0.29) is 0 Å². The second kappa shape index (κ2) is 3.68. The number of rotatable bonds is 2. The molecule has 2 N–H and O–H groups in total. The van der Waals surface area contributed by atoms with Crippen molar-refractivity contribution in [2.45, 2.75) is 31.7 Å². The van der Waals surface area contributed by atoms with E-state index in [9.17, 15) is 0 Å². The molecule has 1 aliphatic heterocycles. The topological polar surface area (TPSA) is 43.8 Å². The molecule has 1 atom stereocenters. The van der Waals surface area contributed by atoms with E-state index < -0.39 is 0 Å². The van der Waals surface area contributed by atoms with Crippen molar-refractivity contribution in [2.75, 3.05) is 6.54 Å². The van der Waals surface area contributed by atoms with Gasteiger partial charge in [0.05, 0.1) is 12.0 Å². The van der Waals surface area contributed by atoms with E-state index >= 15 is 0 Å². The van der Waals surface area contributed by atoms with Crippen molar-refractivity contribution in [3.05, 3.63) is 17.2 Å². The molecule has 1 aliphatic rings. The minimum Gasteiger partial charge on any atom is -0.333 e. The Balaban J connectivity index is 2.29. The molecule has 1 aromatic rings. The summed E-state index contributed by atoms with van der Waals surface area (Å²) in [5.74, 6) is 0.522. The summed E-state index contributed by atoms with van der Waals surface area (Å²) in [5.41, 5.74) is 6.76. The van der Waals surface area contributed by atoms with Crippen LogP contribution < -0.4 is 5.73 Å². The van der Waals surface area contributed by atoms with Crippen molar-refractivity contribution in [3.63, 3.8) is 0 Å². The molecular weight excluding hydrogens is 186 g/mol. The lowest BCUT2D eigenvalue weighted by Gasteiger charge is -2.23. The molecule has 0 spiro atoms. The lowest BCUT2D eigenvalue weighted by molar-refractivity contribution is 0.439. The summed E-state index contributed by atoms with van der Waals surface area (Å²) in [4.78, 5) is 4.12. The van der Waals surface area contributed by atoms with Crippen molar-refractivity contribution < 1.29 is 0 Å². The van der Waals surface area contributed by atoms with Crippen LogP contribution >= 0.6 is 11.6 Å². The third-order valence-corrected chi connectivity index (χ3v) is 2.98. The Labute approximate surface area is 82.9 Å². The number of aryl methyl sites for hydroxylation is 1. The van der Waals surface area contributed by atoms with E-state index in [4.69, 9.17) is 17.3 Å². The fraction of sp³-hybridized carbons (Fsp3) is 0.667. The molecule has 2 rings (SSSR count). The Hall–Kier alpha value is -0.540. The highest BCUT2D eigenvalue weighted by Gasteiger charge is 2.23. The third kappa shape index (κ3) is 1.58. The van der Waals surface area contributed by atoms with Crippen LogP contribution in [0.1, 0.15) is 30.9 Å². The molecule has 3 nitrogen and oxygen atoms in total. The highest BCUT2D eigenvalue weighted by atomic mass is 35.5. The second-order valence-corrected chi connectivity index (χ2v) is 3.89. The number of nitrogens with two attached hydrogens (primary N) is 1. The fourth-order valence-corrected chi connectivity index (χ4v) is 2.38. The van der Waals surface area contributed by atoms with E-state index in [0.717, 1.165) is 19.5 Å². The lowest BCUT2D eigenvalue weighted by atomic mass is 9.93. The molecule has 0 radical (unpaired) electrons. The Morgan fingerprint density at radius 2 is 2.54 bits per heavy atom. The number of hydrogen-bond acceptors (Lipinski definition) is 2. The smallest absolute Gasteiger partial charge is 0.150 e. The maximum absolute atomic E-state index is 6.02. The first-order chi connectivity index (χ1) is 6.33. The molecule has 1 unspecified atom stereocenters. The molecule has 0 bridgehead atoms. The maximum Gasteiger partial charge on any atom is 0.150 e. The van der Waals surface area contributed by atoms with Crippen molar-refractivity contribution in [1.29, 1.82) is 0 Å².